The average Bonchev–Trinajstić information content (AvgIpc) is 2.83. The third-order valence-corrected chi connectivity index (χ3v) is 4.71. The minimum absolute atomic E-state index is 0.430. The van der Waals surface area contributed by atoms with Crippen LogP contribution in [0.15, 0.2) is 18.2 Å². The van der Waals surface area contributed by atoms with Crippen molar-refractivity contribution in [2.24, 2.45) is 5.92 Å². The Kier molecular flexibility index (Phi) is 4.51. The molecule has 0 bridgehead atoms. The topological polar surface area (TPSA) is 29.9 Å². The van der Waals surface area contributed by atoms with E-state index >= 15 is 0 Å². The molecule has 1 aromatic heterocycles. The standard InChI is InChI=1S/C17H24ClN3/c1-12(2)21-16-5-4-14(18)11-15(16)20-17(21)6-3-13-7-9-19-10-8-13/h4-5,11-13,19H,3,6-10H2,1-2H3. The van der Waals surface area contributed by atoms with Gasteiger partial charge < -0.3 is 9.88 Å². The third kappa shape index (κ3) is 3.24. The van der Waals surface area contributed by atoms with Crippen molar-refractivity contribution in [1.82, 2.24) is 14.9 Å². The van der Waals surface area contributed by atoms with Crippen LogP contribution in [0.1, 0.15) is 45.0 Å². The van der Waals surface area contributed by atoms with Crippen LogP contribution in [-0.2, 0) is 6.42 Å². The minimum Gasteiger partial charge on any atom is -0.325 e. The van der Waals surface area contributed by atoms with E-state index in [-0.39, 0.29) is 0 Å². The van der Waals surface area contributed by atoms with E-state index in [0.717, 1.165) is 22.9 Å². The molecule has 0 amide bonds. The molecular weight excluding hydrogens is 282 g/mol. The zero-order valence-electron chi connectivity index (χ0n) is 12.9. The minimum atomic E-state index is 0.430. The zero-order valence-corrected chi connectivity index (χ0v) is 13.7. The van der Waals surface area contributed by atoms with Gasteiger partial charge >= 0.3 is 0 Å². The number of halogens is 1. The maximum atomic E-state index is 6.10. The monoisotopic (exact) mass is 305 g/mol. The maximum Gasteiger partial charge on any atom is 0.110 e. The quantitative estimate of drug-likeness (QED) is 0.917. The molecule has 0 aliphatic carbocycles. The highest BCUT2D eigenvalue weighted by Crippen LogP contribution is 2.26. The molecule has 0 radical (unpaired) electrons. The Balaban J connectivity index is 1.84. The first-order valence-electron chi connectivity index (χ1n) is 8.02. The molecule has 1 fully saturated rings. The molecule has 2 heterocycles. The molecule has 0 saturated carbocycles. The fraction of sp³-hybridized carbons (Fsp3) is 0.588. The summed E-state index contributed by atoms with van der Waals surface area (Å²) >= 11 is 6.10. The molecule has 4 heteroatoms. The van der Waals surface area contributed by atoms with Crippen LogP contribution < -0.4 is 5.32 Å². The van der Waals surface area contributed by atoms with Gasteiger partial charge in [0.25, 0.3) is 0 Å². The van der Waals surface area contributed by atoms with Gasteiger partial charge in [-0.25, -0.2) is 4.98 Å². The molecule has 2 aromatic rings. The Bertz CT molecular complexity index is 612. The molecule has 0 spiro atoms. The molecule has 3 nitrogen and oxygen atoms in total. The Morgan fingerprint density at radius 2 is 2.10 bits per heavy atom. The number of imidazole rings is 1. The van der Waals surface area contributed by atoms with Gasteiger partial charge in [0.15, 0.2) is 0 Å². The molecule has 21 heavy (non-hydrogen) atoms. The van der Waals surface area contributed by atoms with E-state index in [1.165, 1.54) is 43.7 Å². The summed E-state index contributed by atoms with van der Waals surface area (Å²) in [5, 5.41) is 4.20. The van der Waals surface area contributed by atoms with Crippen molar-refractivity contribution in [2.75, 3.05) is 13.1 Å². The van der Waals surface area contributed by atoms with E-state index in [4.69, 9.17) is 16.6 Å². The Hall–Kier alpha value is -1.06. The fourth-order valence-corrected chi connectivity index (χ4v) is 3.54. The summed E-state index contributed by atoms with van der Waals surface area (Å²) in [6, 6.07) is 6.46. The van der Waals surface area contributed by atoms with Crippen molar-refractivity contribution in [2.45, 2.75) is 45.6 Å². The normalized spacial score (nSPS) is 17.0. The van der Waals surface area contributed by atoms with Crippen molar-refractivity contribution >= 4 is 22.6 Å². The smallest absolute Gasteiger partial charge is 0.110 e. The molecular formula is C17H24ClN3. The second-order valence-corrected chi connectivity index (χ2v) is 6.79. The van der Waals surface area contributed by atoms with Crippen LogP contribution in [0.4, 0.5) is 0 Å². The third-order valence-electron chi connectivity index (χ3n) is 4.48. The predicted octanol–water partition coefficient (Wildman–Crippen LogP) is 4.20. The summed E-state index contributed by atoms with van der Waals surface area (Å²) in [7, 11) is 0. The Morgan fingerprint density at radius 3 is 2.81 bits per heavy atom. The molecule has 1 aliphatic rings. The summed E-state index contributed by atoms with van der Waals surface area (Å²) < 4.78 is 2.37. The van der Waals surface area contributed by atoms with Gasteiger partial charge in [-0.1, -0.05) is 11.6 Å². The van der Waals surface area contributed by atoms with Crippen LogP contribution in [0.2, 0.25) is 5.02 Å². The Morgan fingerprint density at radius 1 is 1.33 bits per heavy atom. The van der Waals surface area contributed by atoms with Gasteiger partial charge in [-0.3, -0.25) is 0 Å². The highest BCUT2D eigenvalue weighted by atomic mass is 35.5. The maximum absolute atomic E-state index is 6.10. The fourth-order valence-electron chi connectivity index (χ4n) is 3.38. The van der Waals surface area contributed by atoms with E-state index in [1.54, 1.807) is 0 Å². The predicted molar refractivity (Wildman–Crippen MR) is 89.0 cm³/mol. The second kappa shape index (κ2) is 6.37. The van der Waals surface area contributed by atoms with Crippen molar-refractivity contribution in [3.8, 4) is 0 Å². The zero-order chi connectivity index (χ0) is 14.8. The highest BCUT2D eigenvalue weighted by Gasteiger charge is 2.17. The van der Waals surface area contributed by atoms with Gasteiger partial charge in [0, 0.05) is 17.5 Å². The molecule has 0 unspecified atom stereocenters. The number of nitrogens with zero attached hydrogens (tertiary/aromatic N) is 2. The van der Waals surface area contributed by atoms with E-state index in [9.17, 15) is 0 Å². The van der Waals surface area contributed by atoms with Gasteiger partial charge in [-0.05, 0) is 70.3 Å². The number of aromatic nitrogens is 2. The van der Waals surface area contributed by atoms with Gasteiger partial charge in [-0.15, -0.1) is 0 Å². The number of rotatable bonds is 4. The van der Waals surface area contributed by atoms with Crippen molar-refractivity contribution in [1.29, 1.82) is 0 Å². The number of hydrogen-bond acceptors (Lipinski definition) is 2. The second-order valence-electron chi connectivity index (χ2n) is 6.36. The van der Waals surface area contributed by atoms with Crippen LogP contribution in [0.25, 0.3) is 11.0 Å². The number of piperidine rings is 1. The lowest BCUT2D eigenvalue weighted by Gasteiger charge is -2.22. The van der Waals surface area contributed by atoms with Crippen LogP contribution in [0.3, 0.4) is 0 Å². The lowest BCUT2D eigenvalue weighted by molar-refractivity contribution is 0.350. The summed E-state index contributed by atoms with van der Waals surface area (Å²) in [6.07, 6.45) is 4.90. The molecule has 114 valence electrons. The average molecular weight is 306 g/mol. The summed E-state index contributed by atoms with van der Waals surface area (Å²) in [6.45, 7) is 6.79. The van der Waals surface area contributed by atoms with E-state index in [2.05, 4.69) is 29.8 Å². The molecule has 1 aromatic carbocycles. The van der Waals surface area contributed by atoms with Crippen molar-refractivity contribution in [3.05, 3.63) is 29.0 Å². The molecule has 1 aliphatic heterocycles. The van der Waals surface area contributed by atoms with Crippen LogP contribution in [0, 0.1) is 5.92 Å². The highest BCUT2D eigenvalue weighted by molar-refractivity contribution is 6.31. The lowest BCUT2D eigenvalue weighted by atomic mass is 9.93. The molecule has 1 saturated heterocycles. The van der Waals surface area contributed by atoms with E-state index in [0.29, 0.717) is 6.04 Å². The lowest BCUT2D eigenvalue weighted by Crippen LogP contribution is -2.28. The van der Waals surface area contributed by atoms with Crippen molar-refractivity contribution < 1.29 is 0 Å². The Labute approximate surface area is 131 Å². The van der Waals surface area contributed by atoms with Gasteiger partial charge in [0.2, 0.25) is 0 Å². The SMILES string of the molecule is CC(C)n1c(CCC2CCNCC2)nc2cc(Cl)ccc21. The summed E-state index contributed by atoms with van der Waals surface area (Å²) in [5.41, 5.74) is 2.23. The van der Waals surface area contributed by atoms with Gasteiger partial charge in [0.05, 0.1) is 11.0 Å². The summed E-state index contributed by atoms with van der Waals surface area (Å²) in [4.78, 5) is 4.84. The number of hydrogen-bond donors (Lipinski definition) is 1. The largest absolute Gasteiger partial charge is 0.325 e. The van der Waals surface area contributed by atoms with E-state index in [1.807, 2.05) is 12.1 Å². The number of nitrogens with one attached hydrogen (secondary N) is 1. The van der Waals surface area contributed by atoms with Gasteiger partial charge in [0.1, 0.15) is 5.82 Å². The van der Waals surface area contributed by atoms with Crippen LogP contribution in [-0.4, -0.2) is 22.6 Å². The first kappa shape index (κ1) is 14.9. The number of fused-ring (bicyclic) bond motifs is 1. The van der Waals surface area contributed by atoms with Crippen LogP contribution >= 0.6 is 11.6 Å². The van der Waals surface area contributed by atoms with Gasteiger partial charge in [-0.2, -0.15) is 0 Å². The first-order chi connectivity index (χ1) is 10.1. The summed E-state index contributed by atoms with van der Waals surface area (Å²) in [5.74, 6) is 2.05. The molecule has 3 rings (SSSR count). The molecule has 1 N–H and O–H groups in total. The van der Waals surface area contributed by atoms with Crippen molar-refractivity contribution in [3.63, 3.8) is 0 Å². The van der Waals surface area contributed by atoms with E-state index < -0.39 is 0 Å². The molecule has 0 atom stereocenters. The first-order valence-corrected chi connectivity index (χ1v) is 8.40. The van der Waals surface area contributed by atoms with Crippen LogP contribution in [0.5, 0.6) is 0 Å². The number of aryl methyl sites for hydroxylation is 1. The number of benzene rings is 1.